The Labute approximate surface area is 337 Å². The van der Waals surface area contributed by atoms with Gasteiger partial charge in [0.2, 0.25) is 0 Å². The molecule has 2 N–H and O–H groups in total. The van der Waals surface area contributed by atoms with Crippen LogP contribution in [0.5, 0.6) is 0 Å². The zero-order valence-electron chi connectivity index (χ0n) is 33.6. The maximum atomic E-state index is 14.8. The smallest absolute Gasteiger partial charge is 0.417 e. The fourth-order valence-corrected chi connectivity index (χ4v) is 9.22. The van der Waals surface area contributed by atoms with Crippen LogP contribution in [0.2, 0.25) is 0 Å². The lowest BCUT2D eigenvalue weighted by Gasteiger charge is -2.33. The molecule has 0 aromatic heterocycles. The van der Waals surface area contributed by atoms with E-state index in [0.717, 1.165) is 55.3 Å². The number of ether oxygens (including phenoxy) is 2. The standard InChI is InChI=1S/C49H60F3NO4/c1-56-32-33-57-31-13-29-48(28-10-11-30-53-40-15-6-4-2-3-5-7-16-40)44-18-9-8-17-42(44)43-27-25-38(34-45(43)48)39-24-26-41(46(35-39)49(50,51)52)37-22-20-36(21-23-37)14-12-19-47(54)55/h8-9,17-18,20-27,34-35,40,53H,2-7,10-16,19,28-33H2,1H3,(H,54,55). The van der Waals surface area contributed by atoms with Crippen molar-refractivity contribution in [3.05, 3.63) is 107 Å². The van der Waals surface area contributed by atoms with Crippen LogP contribution in [0.3, 0.4) is 0 Å². The minimum Gasteiger partial charge on any atom is -0.481 e. The molecule has 0 radical (unpaired) electrons. The summed E-state index contributed by atoms with van der Waals surface area (Å²) in [5.74, 6) is -0.859. The third-order valence-corrected chi connectivity index (χ3v) is 12.2. The summed E-state index contributed by atoms with van der Waals surface area (Å²) in [6, 6.07) is 27.2. The average Bonchev–Trinajstić information content (AvgIpc) is 3.55. The highest BCUT2D eigenvalue weighted by Crippen LogP contribution is 2.55. The highest BCUT2D eigenvalue weighted by atomic mass is 19.4. The second-order valence-electron chi connectivity index (χ2n) is 16.1. The number of methoxy groups -OCH3 is 1. The predicted octanol–water partition coefficient (Wildman–Crippen LogP) is 12.4. The first-order chi connectivity index (χ1) is 27.7. The zero-order chi connectivity index (χ0) is 40.1. The largest absolute Gasteiger partial charge is 0.481 e. The zero-order valence-corrected chi connectivity index (χ0v) is 33.6. The van der Waals surface area contributed by atoms with Gasteiger partial charge in [0, 0.05) is 31.6 Å². The second kappa shape index (κ2) is 20.6. The number of aliphatic carboxylic acids is 1. The second-order valence-corrected chi connectivity index (χ2v) is 16.1. The van der Waals surface area contributed by atoms with Gasteiger partial charge in [-0.3, -0.25) is 4.79 Å². The van der Waals surface area contributed by atoms with E-state index >= 15 is 0 Å². The number of fused-ring (bicyclic) bond motifs is 3. The third kappa shape index (κ3) is 11.2. The molecule has 2 aliphatic rings. The Morgan fingerprint density at radius 3 is 2.09 bits per heavy atom. The number of hydrogen-bond acceptors (Lipinski definition) is 4. The molecule has 2 aliphatic carbocycles. The Morgan fingerprint density at radius 2 is 1.37 bits per heavy atom. The van der Waals surface area contributed by atoms with E-state index in [9.17, 15) is 18.0 Å². The SMILES string of the molecule is COCCOCCCC1(CCCCNC2CCCCCCCC2)c2ccccc2-c2ccc(-c3ccc(-c4ccc(CCCC(=O)O)cc4)c(C(F)(F)F)c3)cc21. The van der Waals surface area contributed by atoms with E-state index in [1.807, 2.05) is 12.1 Å². The van der Waals surface area contributed by atoms with Gasteiger partial charge >= 0.3 is 12.1 Å². The topological polar surface area (TPSA) is 67.8 Å². The molecule has 1 atom stereocenters. The number of halogens is 3. The van der Waals surface area contributed by atoms with Crippen molar-refractivity contribution >= 4 is 5.97 Å². The number of unbranched alkanes of at least 4 members (excludes halogenated alkanes) is 1. The lowest BCUT2D eigenvalue weighted by Crippen LogP contribution is -2.30. The third-order valence-electron chi connectivity index (χ3n) is 12.2. The summed E-state index contributed by atoms with van der Waals surface area (Å²) in [6.45, 7) is 2.70. The fraction of sp³-hybridized carbons (Fsp3) is 0.490. The first kappa shape index (κ1) is 42.6. The molecular weight excluding hydrogens is 724 g/mol. The molecule has 4 aromatic carbocycles. The minimum absolute atomic E-state index is 0.0541. The lowest BCUT2D eigenvalue weighted by molar-refractivity contribution is -0.138. The van der Waals surface area contributed by atoms with Crippen molar-refractivity contribution < 1.29 is 32.5 Å². The van der Waals surface area contributed by atoms with Gasteiger partial charge in [0.25, 0.3) is 0 Å². The molecule has 0 aliphatic heterocycles. The normalized spacial score (nSPS) is 17.4. The van der Waals surface area contributed by atoms with Crippen LogP contribution in [-0.4, -0.2) is 50.6 Å². The van der Waals surface area contributed by atoms with E-state index < -0.39 is 17.7 Å². The highest BCUT2D eigenvalue weighted by Gasteiger charge is 2.42. The molecular formula is C49H60F3NO4. The molecule has 0 bridgehead atoms. The Bertz CT molecular complexity index is 1880. The van der Waals surface area contributed by atoms with Crippen molar-refractivity contribution in [2.45, 2.75) is 120 Å². The number of hydrogen-bond donors (Lipinski definition) is 2. The van der Waals surface area contributed by atoms with Crippen molar-refractivity contribution in [1.29, 1.82) is 0 Å². The van der Waals surface area contributed by atoms with Gasteiger partial charge < -0.3 is 19.9 Å². The molecule has 0 saturated heterocycles. The molecule has 1 unspecified atom stereocenters. The van der Waals surface area contributed by atoms with E-state index in [-0.39, 0.29) is 17.4 Å². The molecule has 8 heteroatoms. The Kier molecular flexibility index (Phi) is 15.4. The van der Waals surface area contributed by atoms with Gasteiger partial charge in [-0.1, -0.05) is 118 Å². The molecule has 57 heavy (non-hydrogen) atoms. The number of rotatable bonds is 19. The van der Waals surface area contributed by atoms with Crippen LogP contribution in [0.15, 0.2) is 84.9 Å². The van der Waals surface area contributed by atoms with Crippen LogP contribution in [0, 0.1) is 0 Å². The summed E-state index contributed by atoms with van der Waals surface area (Å²) >= 11 is 0. The lowest BCUT2D eigenvalue weighted by atomic mass is 9.70. The summed E-state index contributed by atoms with van der Waals surface area (Å²) < 4.78 is 55.6. The quantitative estimate of drug-likeness (QED) is 0.0927. The molecule has 4 aromatic rings. The van der Waals surface area contributed by atoms with E-state index in [4.69, 9.17) is 14.6 Å². The van der Waals surface area contributed by atoms with Gasteiger partial charge in [0.15, 0.2) is 0 Å². The monoisotopic (exact) mass is 783 g/mol. The summed E-state index contributed by atoms with van der Waals surface area (Å²) in [6.07, 6.45) is 11.8. The van der Waals surface area contributed by atoms with Gasteiger partial charge in [0.05, 0.1) is 18.8 Å². The predicted molar refractivity (Wildman–Crippen MR) is 224 cm³/mol. The first-order valence-corrected chi connectivity index (χ1v) is 21.3. The van der Waals surface area contributed by atoms with Crippen molar-refractivity contribution in [3.63, 3.8) is 0 Å². The molecule has 5 nitrogen and oxygen atoms in total. The Morgan fingerprint density at radius 1 is 0.719 bits per heavy atom. The van der Waals surface area contributed by atoms with E-state index in [1.165, 1.54) is 74.1 Å². The number of carboxylic acid groups (broad SMARTS) is 1. The Balaban J connectivity index is 1.28. The summed E-state index contributed by atoms with van der Waals surface area (Å²) in [7, 11) is 1.67. The number of carboxylic acids is 1. The summed E-state index contributed by atoms with van der Waals surface area (Å²) in [4.78, 5) is 10.9. The summed E-state index contributed by atoms with van der Waals surface area (Å²) in [5.41, 5.74) is 6.72. The molecule has 306 valence electrons. The molecule has 1 saturated carbocycles. The van der Waals surface area contributed by atoms with Gasteiger partial charge in [-0.15, -0.1) is 0 Å². The number of aryl methyl sites for hydroxylation is 1. The van der Waals surface area contributed by atoms with Crippen molar-refractivity contribution in [1.82, 2.24) is 5.32 Å². The van der Waals surface area contributed by atoms with Gasteiger partial charge in [-0.2, -0.15) is 13.2 Å². The number of alkyl halides is 3. The van der Waals surface area contributed by atoms with Gasteiger partial charge in [-0.25, -0.2) is 0 Å². The first-order valence-electron chi connectivity index (χ1n) is 21.3. The number of benzene rings is 4. The maximum Gasteiger partial charge on any atom is 0.417 e. The van der Waals surface area contributed by atoms with E-state index in [1.54, 1.807) is 37.4 Å². The number of nitrogens with one attached hydrogen (secondary N) is 1. The number of carbonyl (C=O) groups is 1. The molecule has 0 heterocycles. The van der Waals surface area contributed by atoms with Crippen molar-refractivity contribution in [2.75, 3.05) is 33.5 Å². The van der Waals surface area contributed by atoms with E-state index in [2.05, 4.69) is 41.7 Å². The molecule has 1 fully saturated rings. The van der Waals surface area contributed by atoms with Crippen LogP contribution in [0.4, 0.5) is 13.2 Å². The van der Waals surface area contributed by atoms with Crippen LogP contribution >= 0.6 is 0 Å². The van der Waals surface area contributed by atoms with E-state index in [0.29, 0.717) is 49.8 Å². The van der Waals surface area contributed by atoms with Crippen LogP contribution in [0.1, 0.15) is 119 Å². The summed E-state index contributed by atoms with van der Waals surface area (Å²) in [5, 5.41) is 12.9. The molecule has 0 amide bonds. The Hall–Kier alpha value is -3.98. The van der Waals surface area contributed by atoms with Gasteiger partial charge in [-0.05, 0) is 120 Å². The van der Waals surface area contributed by atoms with Crippen LogP contribution < -0.4 is 5.32 Å². The maximum absolute atomic E-state index is 14.8. The van der Waals surface area contributed by atoms with Crippen LogP contribution in [0.25, 0.3) is 33.4 Å². The van der Waals surface area contributed by atoms with Crippen molar-refractivity contribution in [3.8, 4) is 33.4 Å². The van der Waals surface area contributed by atoms with Gasteiger partial charge in [0.1, 0.15) is 0 Å². The molecule has 6 rings (SSSR count). The highest BCUT2D eigenvalue weighted by molar-refractivity contribution is 5.84. The molecule has 0 spiro atoms. The van der Waals surface area contributed by atoms with Crippen molar-refractivity contribution in [2.24, 2.45) is 0 Å². The van der Waals surface area contributed by atoms with Crippen LogP contribution in [-0.2, 0) is 32.3 Å². The average molecular weight is 784 g/mol. The fourth-order valence-electron chi connectivity index (χ4n) is 9.22. The minimum atomic E-state index is -4.56.